The first kappa shape index (κ1) is 22.2. The van der Waals surface area contributed by atoms with E-state index in [9.17, 15) is 4.79 Å². The van der Waals surface area contributed by atoms with Gasteiger partial charge in [0.25, 0.3) is 0 Å². The van der Waals surface area contributed by atoms with Gasteiger partial charge in [0.2, 0.25) is 5.91 Å². The smallest absolute Gasteiger partial charge is 0.241 e. The molecule has 1 aromatic carbocycles. The molecule has 0 spiro atoms. The SMILES string of the molecule is Cc1ccc(C(N)C(=O)NC(C)CN2CCCCC2)cc1.Cl.Cl. The average molecular weight is 362 g/mol. The van der Waals surface area contributed by atoms with Crippen LogP contribution in [-0.2, 0) is 4.79 Å². The van der Waals surface area contributed by atoms with Crippen molar-refractivity contribution in [1.82, 2.24) is 10.2 Å². The minimum atomic E-state index is -0.589. The molecule has 2 atom stereocenters. The summed E-state index contributed by atoms with van der Waals surface area (Å²) in [6.45, 7) is 7.27. The highest BCUT2D eigenvalue weighted by molar-refractivity contribution is 5.85. The highest BCUT2D eigenvalue weighted by Gasteiger charge is 2.19. The van der Waals surface area contributed by atoms with Crippen LogP contribution in [-0.4, -0.2) is 36.5 Å². The van der Waals surface area contributed by atoms with Gasteiger partial charge in [-0.3, -0.25) is 4.79 Å². The molecule has 2 unspecified atom stereocenters. The molecule has 4 nitrogen and oxygen atoms in total. The lowest BCUT2D eigenvalue weighted by Gasteiger charge is -2.29. The van der Waals surface area contributed by atoms with E-state index >= 15 is 0 Å². The summed E-state index contributed by atoms with van der Waals surface area (Å²) in [6.07, 6.45) is 3.86. The number of hydrogen-bond acceptors (Lipinski definition) is 3. The van der Waals surface area contributed by atoms with Crippen LogP contribution in [0.5, 0.6) is 0 Å². The van der Waals surface area contributed by atoms with Crippen molar-refractivity contribution in [2.45, 2.75) is 45.2 Å². The van der Waals surface area contributed by atoms with Gasteiger partial charge in [0.15, 0.2) is 0 Å². The Morgan fingerprint density at radius 3 is 2.30 bits per heavy atom. The van der Waals surface area contributed by atoms with Crippen LogP contribution in [0.15, 0.2) is 24.3 Å². The molecule has 1 aliphatic heterocycles. The van der Waals surface area contributed by atoms with Crippen molar-refractivity contribution in [3.63, 3.8) is 0 Å². The van der Waals surface area contributed by atoms with E-state index in [0.29, 0.717) is 0 Å². The zero-order valence-electron chi connectivity index (χ0n) is 14.0. The molecule has 1 heterocycles. The van der Waals surface area contributed by atoms with Gasteiger partial charge in [-0.15, -0.1) is 24.8 Å². The molecule has 1 aliphatic rings. The maximum Gasteiger partial charge on any atom is 0.241 e. The summed E-state index contributed by atoms with van der Waals surface area (Å²) >= 11 is 0. The van der Waals surface area contributed by atoms with Crippen molar-refractivity contribution in [3.8, 4) is 0 Å². The summed E-state index contributed by atoms with van der Waals surface area (Å²) in [5, 5.41) is 3.03. The van der Waals surface area contributed by atoms with E-state index < -0.39 is 6.04 Å². The molecule has 3 N–H and O–H groups in total. The van der Waals surface area contributed by atoms with Crippen LogP contribution >= 0.6 is 24.8 Å². The Labute approximate surface area is 152 Å². The number of carbonyl (C=O) groups is 1. The lowest BCUT2D eigenvalue weighted by atomic mass is 10.0. The molecule has 0 saturated carbocycles. The number of piperidine rings is 1. The number of amides is 1. The van der Waals surface area contributed by atoms with Crippen LogP contribution in [0, 0.1) is 6.92 Å². The maximum atomic E-state index is 12.2. The molecule has 1 amide bonds. The van der Waals surface area contributed by atoms with Crippen LogP contribution in [0.2, 0.25) is 0 Å². The number of benzene rings is 1. The Morgan fingerprint density at radius 1 is 1.17 bits per heavy atom. The summed E-state index contributed by atoms with van der Waals surface area (Å²) in [6, 6.07) is 7.37. The number of aryl methyl sites for hydroxylation is 1. The lowest BCUT2D eigenvalue weighted by Crippen LogP contribution is -2.46. The molecule has 1 saturated heterocycles. The maximum absolute atomic E-state index is 12.2. The lowest BCUT2D eigenvalue weighted by molar-refractivity contribution is -0.123. The van der Waals surface area contributed by atoms with Crippen LogP contribution in [0.1, 0.15) is 43.4 Å². The first-order valence-corrected chi connectivity index (χ1v) is 7.91. The van der Waals surface area contributed by atoms with Gasteiger partial charge in [-0.1, -0.05) is 36.2 Å². The number of carbonyl (C=O) groups excluding carboxylic acids is 1. The van der Waals surface area contributed by atoms with Gasteiger partial charge >= 0.3 is 0 Å². The average Bonchev–Trinajstić information content (AvgIpc) is 2.48. The monoisotopic (exact) mass is 361 g/mol. The molecule has 0 aliphatic carbocycles. The summed E-state index contributed by atoms with van der Waals surface area (Å²) in [5.41, 5.74) is 8.08. The number of hydrogen-bond donors (Lipinski definition) is 2. The molecule has 132 valence electrons. The van der Waals surface area contributed by atoms with Crippen LogP contribution in [0.25, 0.3) is 0 Å². The molecule has 23 heavy (non-hydrogen) atoms. The van der Waals surface area contributed by atoms with Crippen molar-refractivity contribution in [3.05, 3.63) is 35.4 Å². The summed E-state index contributed by atoms with van der Waals surface area (Å²) in [5.74, 6) is -0.0941. The van der Waals surface area contributed by atoms with Gasteiger partial charge in [-0.05, 0) is 45.3 Å². The van der Waals surface area contributed by atoms with Crippen molar-refractivity contribution >= 4 is 30.7 Å². The molecule has 0 bridgehead atoms. The van der Waals surface area contributed by atoms with Gasteiger partial charge in [0.05, 0.1) is 0 Å². The van der Waals surface area contributed by atoms with Gasteiger partial charge in [0, 0.05) is 12.6 Å². The summed E-state index contributed by atoms with van der Waals surface area (Å²) in [4.78, 5) is 14.6. The topological polar surface area (TPSA) is 58.4 Å². The Kier molecular flexibility index (Phi) is 10.5. The number of nitrogens with zero attached hydrogens (tertiary/aromatic N) is 1. The van der Waals surface area contributed by atoms with E-state index in [1.165, 1.54) is 24.8 Å². The Hall–Kier alpha value is -0.810. The molecular weight excluding hydrogens is 333 g/mol. The van der Waals surface area contributed by atoms with Gasteiger partial charge in [-0.2, -0.15) is 0 Å². The quantitative estimate of drug-likeness (QED) is 0.847. The van der Waals surface area contributed by atoms with E-state index in [4.69, 9.17) is 5.73 Å². The normalized spacial score (nSPS) is 17.3. The number of rotatable bonds is 5. The predicted octanol–water partition coefficient (Wildman–Crippen LogP) is 2.83. The first-order chi connectivity index (χ1) is 10.1. The van der Waals surface area contributed by atoms with Gasteiger partial charge in [-0.25, -0.2) is 0 Å². The largest absolute Gasteiger partial charge is 0.351 e. The standard InChI is InChI=1S/C17H27N3O.2ClH/c1-13-6-8-15(9-7-13)16(18)17(21)19-14(2)12-20-10-4-3-5-11-20;;/h6-9,14,16H,3-5,10-12,18H2,1-2H3,(H,19,21);2*1H. The highest BCUT2D eigenvalue weighted by atomic mass is 35.5. The van der Waals surface area contributed by atoms with Crippen LogP contribution in [0.3, 0.4) is 0 Å². The van der Waals surface area contributed by atoms with Crippen LogP contribution < -0.4 is 11.1 Å². The molecule has 0 radical (unpaired) electrons. The molecule has 0 aromatic heterocycles. The fourth-order valence-corrected chi connectivity index (χ4v) is 2.83. The number of nitrogens with one attached hydrogen (secondary N) is 1. The first-order valence-electron chi connectivity index (χ1n) is 7.91. The summed E-state index contributed by atoms with van der Waals surface area (Å²) in [7, 11) is 0. The Balaban J connectivity index is 0.00000242. The van der Waals surface area contributed by atoms with E-state index in [2.05, 4.69) is 10.2 Å². The van der Waals surface area contributed by atoms with E-state index in [1.54, 1.807) is 0 Å². The van der Waals surface area contributed by atoms with Gasteiger partial charge < -0.3 is 16.0 Å². The second-order valence-corrected chi connectivity index (χ2v) is 6.16. The Morgan fingerprint density at radius 2 is 1.74 bits per heavy atom. The van der Waals surface area contributed by atoms with Gasteiger partial charge in [0.1, 0.15) is 6.04 Å². The van der Waals surface area contributed by atoms with Crippen molar-refractivity contribution in [2.75, 3.05) is 19.6 Å². The third-order valence-electron chi connectivity index (χ3n) is 4.09. The third-order valence-corrected chi connectivity index (χ3v) is 4.09. The van der Waals surface area contributed by atoms with Crippen molar-refractivity contribution < 1.29 is 4.79 Å². The zero-order valence-corrected chi connectivity index (χ0v) is 15.6. The minimum absolute atomic E-state index is 0. The number of likely N-dealkylation sites (tertiary alicyclic amines) is 1. The Bertz CT molecular complexity index is 461. The highest BCUT2D eigenvalue weighted by Crippen LogP contribution is 2.12. The number of halogens is 2. The van der Waals surface area contributed by atoms with Crippen molar-refractivity contribution in [2.24, 2.45) is 5.73 Å². The minimum Gasteiger partial charge on any atom is -0.351 e. The van der Waals surface area contributed by atoms with E-state index in [1.807, 2.05) is 38.1 Å². The molecule has 1 fully saturated rings. The van der Waals surface area contributed by atoms with E-state index in [-0.39, 0.29) is 36.8 Å². The molecule has 2 rings (SSSR count). The number of nitrogens with two attached hydrogens (primary N) is 1. The molecule has 6 heteroatoms. The fourth-order valence-electron chi connectivity index (χ4n) is 2.83. The van der Waals surface area contributed by atoms with Crippen LogP contribution in [0.4, 0.5) is 0 Å². The van der Waals surface area contributed by atoms with Crippen molar-refractivity contribution in [1.29, 1.82) is 0 Å². The second-order valence-electron chi connectivity index (χ2n) is 6.16. The summed E-state index contributed by atoms with van der Waals surface area (Å²) < 4.78 is 0. The zero-order chi connectivity index (χ0) is 15.2. The fraction of sp³-hybridized carbons (Fsp3) is 0.588. The molecule has 1 aromatic rings. The molecular formula is C17H29Cl2N3O. The second kappa shape index (κ2) is 10.9. The third kappa shape index (κ3) is 7.08. The van der Waals surface area contributed by atoms with E-state index in [0.717, 1.165) is 25.2 Å². The predicted molar refractivity (Wildman–Crippen MR) is 100 cm³/mol.